The van der Waals surface area contributed by atoms with Gasteiger partial charge in [-0.05, 0) is 25.5 Å². The number of aromatic nitrogens is 3. The Hall–Kier alpha value is -1.87. The highest BCUT2D eigenvalue weighted by Gasteiger charge is 2.11. The quantitative estimate of drug-likeness (QED) is 0.789. The second kappa shape index (κ2) is 5.19. The summed E-state index contributed by atoms with van der Waals surface area (Å²) in [6.07, 6.45) is 0. The molecule has 0 aromatic carbocycles. The zero-order valence-electron chi connectivity index (χ0n) is 10.4. The molecule has 6 heteroatoms. The van der Waals surface area contributed by atoms with E-state index in [9.17, 15) is 0 Å². The normalized spacial score (nSPS) is 10.3. The standard InChI is InChI=1S/C12H12N4OS/c1-7-4-8(2)14-12(10(7)5-13)18-6-11-16-15-9(3)17-11/h4H,6H2,1-3H3. The van der Waals surface area contributed by atoms with Crippen molar-refractivity contribution < 1.29 is 4.42 Å². The Balaban J connectivity index is 2.21. The minimum absolute atomic E-state index is 0.519. The third kappa shape index (κ3) is 2.68. The number of thioether (sulfide) groups is 1. The van der Waals surface area contributed by atoms with E-state index in [1.807, 2.05) is 19.9 Å². The molecule has 0 atom stereocenters. The van der Waals surface area contributed by atoms with Crippen molar-refractivity contribution in [2.75, 3.05) is 0 Å². The lowest BCUT2D eigenvalue weighted by molar-refractivity contribution is 0.485. The average molecular weight is 260 g/mol. The van der Waals surface area contributed by atoms with Crippen molar-refractivity contribution in [2.24, 2.45) is 0 Å². The predicted octanol–water partition coefficient (Wildman–Crippen LogP) is 2.55. The number of pyridine rings is 1. The van der Waals surface area contributed by atoms with Gasteiger partial charge in [-0.3, -0.25) is 0 Å². The fourth-order valence-corrected chi connectivity index (χ4v) is 2.51. The van der Waals surface area contributed by atoms with Gasteiger partial charge in [-0.15, -0.1) is 10.2 Å². The molecule has 0 spiro atoms. The third-order valence-corrected chi connectivity index (χ3v) is 3.28. The fourth-order valence-electron chi connectivity index (χ4n) is 1.57. The average Bonchev–Trinajstić information content (AvgIpc) is 2.72. The van der Waals surface area contributed by atoms with E-state index in [4.69, 9.17) is 9.68 Å². The highest BCUT2D eigenvalue weighted by atomic mass is 32.2. The SMILES string of the molecule is Cc1cc(C)c(C#N)c(SCc2nnc(C)o2)n1. The second-order valence-electron chi connectivity index (χ2n) is 3.88. The molecule has 5 nitrogen and oxygen atoms in total. The Labute approximate surface area is 109 Å². The molecule has 2 aromatic heterocycles. The molecule has 0 aliphatic carbocycles. The van der Waals surface area contributed by atoms with Crippen molar-refractivity contribution >= 4 is 11.8 Å². The van der Waals surface area contributed by atoms with E-state index in [2.05, 4.69) is 21.3 Å². The van der Waals surface area contributed by atoms with Gasteiger partial charge in [0.15, 0.2) is 0 Å². The van der Waals surface area contributed by atoms with Crippen LogP contribution in [0.4, 0.5) is 0 Å². The Morgan fingerprint density at radius 2 is 2.11 bits per heavy atom. The van der Waals surface area contributed by atoms with Crippen LogP contribution in [0.25, 0.3) is 0 Å². The first kappa shape index (κ1) is 12.6. The summed E-state index contributed by atoms with van der Waals surface area (Å²) in [5.41, 5.74) is 2.45. The van der Waals surface area contributed by atoms with Crippen molar-refractivity contribution in [3.05, 3.63) is 34.7 Å². The van der Waals surface area contributed by atoms with Crippen molar-refractivity contribution in [3.63, 3.8) is 0 Å². The first-order valence-electron chi connectivity index (χ1n) is 5.40. The smallest absolute Gasteiger partial charge is 0.226 e. The Kier molecular flexibility index (Phi) is 3.63. The minimum Gasteiger partial charge on any atom is -0.425 e. The summed E-state index contributed by atoms with van der Waals surface area (Å²) >= 11 is 1.44. The van der Waals surface area contributed by atoms with E-state index in [0.29, 0.717) is 28.1 Å². The Bertz CT molecular complexity index is 615. The molecule has 2 heterocycles. The molecule has 92 valence electrons. The Morgan fingerprint density at radius 1 is 1.33 bits per heavy atom. The molecule has 0 bridgehead atoms. The summed E-state index contributed by atoms with van der Waals surface area (Å²) < 4.78 is 5.29. The van der Waals surface area contributed by atoms with Crippen LogP contribution in [0.2, 0.25) is 0 Å². The summed E-state index contributed by atoms with van der Waals surface area (Å²) in [4.78, 5) is 4.38. The maximum absolute atomic E-state index is 9.14. The summed E-state index contributed by atoms with van der Waals surface area (Å²) in [5.74, 6) is 1.60. The molecule has 2 rings (SSSR count). The van der Waals surface area contributed by atoms with Crippen molar-refractivity contribution in [1.82, 2.24) is 15.2 Å². The van der Waals surface area contributed by atoms with Crippen LogP contribution >= 0.6 is 11.8 Å². The van der Waals surface area contributed by atoms with Gasteiger partial charge in [-0.2, -0.15) is 5.26 Å². The van der Waals surface area contributed by atoms with Gasteiger partial charge in [-0.25, -0.2) is 4.98 Å². The van der Waals surface area contributed by atoms with Crippen LogP contribution in [0.5, 0.6) is 0 Å². The van der Waals surface area contributed by atoms with E-state index < -0.39 is 0 Å². The predicted molar refractivity (Wildman–Crippen MR) is 67.0 cm³/mol. The lowest BCUT2D eigenvalue weighted by Gasteiger charge is -2.05. The van der Waals surface area contributed by atoms with Crippen LogP contribution in [0.1, 0.15) is 28.6 Å². The molecule has 0 fully saturated rings. The number of hydrogen-bond acceptors (Lipinski definition) is 6. The van der Waals surface area contributed by atoms with Gasteiger partial charge in [0.25, 0.3) is 0 Å². The van der Waals surface area contributed by atoms with E-state index in [1.165, 1.54) is 11.8 Å². The van der Waals surface area contributed by atoms with E-state index in [0.717, 1.165) is 11.3 Å². The molecular formula is C12H12N4OS. The number of hydrogen-bond donors (Lipinski definition) is 0. The van der Waals surface area contributed by atoms with E-state index in [-0.39, 0.29) is 0 Å². The summed E-state index contributed by atoms with van der Waals surface area (Å²) in [5, 5.41) is 17.5. The molecule has 18 heavy (non-hydrogen) atoms. The third-order valence-electron chi connectivity index (χ3n) is 2.32. The highest BCUT2D eigenvalue weighted by molar-refractivity contribution is 7.98. The maximum Gasteiger partial charge on any atom is 0.226 e. The monoisotopic (exact) mass is 260 g/mol. The van der Waals surface area contributed by atoms with Crippen LogP contribution in [0.3, 0.4) is 0 Å². The molecule has 0 amide bonds. The van der Waals surface area contributed by atoms with E-state index in [1.54, 1.807) is 6.92 Å². The Morgan fingerprint density at radius 3 is 2.72 bits per heavy atom. The highest BCUT2D eigenvalue weighted by Crippen LogP contribution is 2.26. The van der Waals surface area contributed by atoms with Gasteiger partial charge in [-0.1, -0.05) is 11.8 Å². The molecule has 0 aliphatic rings. The summed E-state index contributed by atoms with van der Waals surface area (Å²) in [6, 6.07) is 4.08. The number of nitriles is 1. The topological polar surface area (TPSA) is 75.6 Å². The number of aryl methyl sites for hydroxylation is 3. The minimum atomic E-state index is 0.519. The number of nitrogens with zero attached hydrogens (tertiary/aromatic N) is 4. The first-order valence-corrected chi connectivity index (χ1v) is 6.39. The second-order valence-corrected chi connectivity index (χ2v) is 4.84. The van der Waals surface area contributed by atoms with Crippen LogP contribution in [-0.2, 0) is 5.75 Å². The van der Waals surface area contributed by atoms with Gasteiger partial charge < -0.3 is 4.42 Å². The van der Waals surface area contributed by atoms with Crippen molar-refractivity contribution in [3.8, 4) is 6.07 Å². The molecule has 0 saturated carbocycles. The van der Waals surface area contributed by atoms with Crippen LogP contribution in [0, 0.1) is 32.1 Å². The first-order chi connectivity index (χ1) is 8.60. The van der Waals surface area contributed by atoms with Gasteiger partial charge in [0, 0.05) is 12.6 Å². The molecule has 0 unspecified atom stereocenters. The zero-order chi connectivity index (χ0) is 13.1. The number of rotatable bonds is 3. The van der Waals surface area contributed by atoms with E-state index >= 15 is 0 Å². The maximum atomic E-state index is 9.14. The van der Waals surface area contributed by atoms with Gasteiger partial charge >= 0.3 is 0 Å². The fraction of sp³-hybridized carbons (Fsp3) is 0.333. The van der Waals surface area contributed by atoms with Crippen LogP contribution in [0.15, 0.2) is 15.5 Å². The van der Waals surface area contributed by atoms with Gasteiger partial charge in [0.05, 0.1) is 11.3 Å². The van der Waals surface area contributed by atoms with Crippen molar-refractivity contribution in [2.45, 2.75) is 31.6 Å². The lowest BCUT2D eigenvalue weighted by atomic mass is 10.1. The van der Waals surface area contributed by atoms with Crippen LogP contribution < -0.4 is 0 Å². The van der Waals surface area contributed by atoms with Crippen LogP contribution in [-0.4, -0.2) is 15.2 Å². The zero-order valence-corrected chi connectivity index (χ0v) is 11.2. The molecule has 0 saturated heterocycles. The lowest BCUT2D eigenvalue weighted by Crippen LogP contribution is -1.94. The summed E-state index contributed by atoms with van der Waals surface area (Å²) in [7, 11) is 0. The van der Waals surface area contributed by atoms with Gasteiger partial charge in [0.2, 0.25) is 11.8 Å². The summed E-state index contributed by atoms with van der Waals surface area (Å²) in [6.45, 7) is 5.57. The molecule has 0 N–H and O–H groups in total. The van der Waals surface area contributed by atoms with Crippen molar-refractivity contribution in [1.29, 1.82) is 5.26 Å². The van der Waals surface area contributed by atoms with Gasteiger partial charge in [0.1, 0.15) is 11.1 Å². The molecular weight excluding hydrogens is 248 g/mol. The molecule has 2 aromatic rings. The largest absolute Gasteiger partial charge is 0.425 e. The molecule has 0 aliphatic heterocycles. The molecule has 0 radical (unpaired) electrons.